The molecule has 0 spiro atoms. The molecule has 1 rings (SSSR count). The lowest BCUT2D eigenvalue weighted by Crippen LogP contribution is -2.05. The van der Waals surface area contributed by atoms with Crippen LogP contribution in [0.1, 0.15) is 30.6 Å². The molecule has 0 aromatic heterocycles. The van der Waals surface area contributed by atoms with Crippen LogP contribution in [0.15, 0.2) is 24.3 Å². The Hall–Kier alpha value is -1.16. The van der Waals surface area contributed by atoms with Crippen molar-refractivity contribution in [1.29, 1.82) is 0 Å². The van der Waals surface area contributed by atoms with Crippen molar-refractivity contribution in [1.82, 2.24) is 0 Å². The Bertz CT molecular complexity index is 451. The molecule has 0 aliphatic carbocycles. The number of ether oxygens (including phenoxy) is 1. The molecule has 0 heterocycles. The van der Waals surface area contributed by atoms with Gasteiger partial charge in [0, 0.05) is 5.56 Å². The number of carbonyl (C=O) groups is 1. The highest BCUT2D eigenvalue weighted by atomic mass is 31.2. The molecule has 1 aromatic carbocycles. The van der Waals surface area contributed by atoms with E-state index in [0.29, 0.717) is 43.7 Å². The van der Waals surface area contributed by atoms with Gasteiger partial charge in [-0.1, -0.05) is 12.1 Å². The van der Waals surface area contributed by atoms with E-state index < -0.39 is 7.60 Å². The molecule has 0 aliphatic rings. The van der Waals surface area contributed by atoms with E-state index in [9.17, 15) is 9.36 Å². The molecule has 5 nitrogen and oxygen atoms in total. The van der Waals surface area contributed by atoms with Crippen molar-refractivity contribution in [3.63, 3.8) is 0 Å². The lowest BCUT2D eigenvalue weighted by molar-refractivity contribution is 0.112. The summed E-state index contributed by atoms with van der Waals surface area (Å²) in [5, 5.41) is 0. The zero-order chi connectivity index (χ0) is 14.8. The molecule has 0 fully saturated rings. The predicted octanol–water partition coefficient (Wildman–Crippen LogP) is 3.53. The van der Waals surface area contributed by atoms with Gasteiger partial charge in [-0.15, -0.1) is 0 Å². The molecule has 1 aromatic rings. The van der Waals surface area contributed by atoms with E-state index in [1.54, 1.807) is 38.1 Å². The minimum absolute atomic E-state index is 0.321. The average molecular weight is 300 g/mol. The van der Waals surface area contributed by atoms with Crippen molar-refractivity contribution < 1.29 is 23.1 Å². The van der Waals surface area contributed by atoms with Gasteiger partial charge in [-0.3, -0.25) is 9.36 Å². The van der Waals surface area contributed by atoms with Crippen LogP contribution in [-0.4, -0.2) is 32.3 Å². The minimum Gasteiger partial charge on any atom is -0.494 e. The Balaban J connectivity index is 2.39. The summed E-state index contributed by atoms with van der Waals surface area (Å²) in [6.45, 7) is 4.69. The first-order valence-electron chi connectivity index (χ1n) is 6.69. The van der Waals surface area contributed by atoms with Crippen molar-refractivity contribution in [3.05, 3.63) is 29.8 Å². The number of rotatable bonds is 10. The van der Waals surface area contributed by atoms with Crippen LogP contribution >= 0.6 is 7.60 Å². The van der Waals surface area contributed by atoms with Crippen LogP contribution in [-0.2, 0) is 13.6 Å². The third-order valence-electron chi connectivity index (χ3n) is 2.49. The molecule has 0 amide bonds. The molecule has 0 bridgehead atoms. The fraction of sp³-hybridized carbons (Fsp3) is 0.500. The second-order valence-corrected chi connectivity index (χ2v) is 6.25. The molecule has 0 saturated carbocycles. The van der Waals surface area contributed by atoms with Crippen molar-refractivity contribution in [2.75, 3.05) is 26.0 Å². The fourth-order valence-electron chi connectivity index (χ4n) is 1.69. The third kappa shape index (κ3) is 5.87. The monoisotopic (exact) mass is 300 g/mol. The maximum absolute atomic E-state index is 12.2. The molecule has 0 saturated heterocycles. The van der Waals surface area contributed by atoms with Crippen LogP contribution < -0.4 is 4.74 Å². The number of aldehydes is 1. The quantitative estimate of drug-likeness (QED) is 0.376. The molecule has 0 atom stereocenters. The van der Waals surface area contributed by atoms with E-state index in [0.717, 1.165) is 6.29 Å². The van der Waals surface area contributed by atoms with E-state index in [4.69, 9.17) is 13.8 Å². The number of benzene rings is 1. The van der Waals surface area contributed by atoms with Gasteiger partial charge >= 0.3 is 7.60 Å². The fourth-order valence-corrected chi connectivity index (χ4v) is 3.32. The Kier molecular flexibility index (Phi) is 7.52. The summed E-state index contributed by atoms with van der Waals surface area (Å²) in [4.78, 5) is 10.6. The molecule has 112 valence electrons. The molecule has 0 aliphatic heterocycles. The number of carbonyl (C=O) groups excluding carboxylic acids is 1. The van der Waals surface area contributed by atoms with Gasteiger partial charge in [0.2, 0.25) is 0 Å². The number of hydrogen-bond donors (Lipinski definition) is 0. The second kappa shape index (κ2) is 8.90. The van der Waals surface area contributed by atoms with Gasteiger partial charge in [-0.05, 0) is 32.4 Å². The molecular weight excluding hydrogens is 279 g/mol. The summed E-state index contributed by atoms with van der Waals surface area (Å²) in [5.41, 5.74) is 0.566. The van der Waals surface area contributed by atoms with Crippen molar-refractivity contribution in [2.24, 2.45) is 0 Å². The van der Waals surface area contributed by atoms with Crippen LogP contribution in [0.5, 0.6) is 5.75 Å². The topological polar surface area (TPSA) is 61.8 Å². The predicted molar refractivity (Wildman–Crippen MR) is 77.7 cm³/mol. The zero-order valence-corrected chi connectivity index (χ0v) is 12.8. The van der Waals surface area contributed by atoms with Crippen LogP contribution in [0.25, 0.3) is 0 Å². The van der Waals surface area contributed by atoms with Gasteiger partial charge in [-0.25, -0.2) is 0 Å². The van der Waals surface area contributed by atoms with Crippen molar-refractivity contribution in [2.45, 2.75) is 20.3 Å². The lowest BCUT2D eigenvalue weighted by atomic mass is 10.2. The normalized spacial score (nSPS) is 11.3. The Morgan fingerprint density at radius 1 is 1.20 bits per heavy atom. The van der Waals surface area contributed by atoms with Gasteiger partial charge in [0.25, 0.3) is 0 Å². The van der Waals surface area contributed by atoms with Crippen LogP contribution in [0, 0.1) is 0 Å². The summed E-state index contributed by atoms with van der Waals surface area (Å²) in [6, 6.07) is 6.90. The molecule has 0 radical (unpaired) electrons. The summed E-state index contributed by atoms with van der Waals surface area (Å²) in [6.07, 6.45) is 1.65. The molecular formula is C14H21O5P. The standard InChI is InChI=1S/C14H21O5P/c1-3-18-20(16,19-4-2)10-6-9-17-14-8-5-7-13(11-14)12-15/h5,7-8,11-12H,3-4,6,9-10H2,1-2H3. The van der Waals surface area contributed by atoms with Crippen molar-refractivity contribution >= 4 is 13.9 Å². The average Bonchev–Trinajstić information content (AvgIpc) is 2.44. The van der Waals surface area contributed by atoms with E-state index in [2.05, 4.69) is 0 Å². The van der Waals surface area contributed by atoms with Crippen LogP contribution in [0.4, 0.5) is 0 Å². The van der Waals surface area contributed by atoms with Gasteiger partial charge in [0.15, 0.2) is 0 Å². The van der Waals surface area contributed by atoms with Crippen LogP contribution in [0.3, 0.4) is 0 Å². The SMILES string of the molecule is CCOP(=O)(CCCOc1cccc(C=O)c1)OCC. The third-order valence-corrected chi connectivity index (χ3v) is 4.66. The Labute approximate surface area is 119 Å². The molecule has 0 N–H and O–H groups in total. The van der Waals surface area contributed by atoms with E-state index in [-0.39, 0.29) is 0 Å². The molecule has 20 heavy (non-hydrogen) atoms. The maximum Gasteiger partial charge on any atom is 0.330 e. The second-order valence-electron chi connectivity index (χ2n) is 4.06. The van der Waals surface area contributed by atoms with Gasteiger partial charge < -0.3 is 13.8 Å². The molecule has 0 unspecified atom stereocenters. The number of hydrogen-bond acceptors (Lipinski definition) is 5. The Morgan fingerprint density at radius 3 is 2.50 bits per heavy atom. The van der Waals surface area contributed by atoms with Gasteiger partial charge in [-0.2, -0.15) is 0 Å². The van der Waals surface area contributed by atoms with E-state index >= 15 is 0 Å². The minimum atomic E-state index is -2.99. The maximum atomic E-state index is 12.2. The Morgan fingerprint density at radius 2 is 1.90 bits per heavy atom. The zero-order valence-electron chi connectivity index (χ0n) is 11.9. The lowest BCUT2D eigenvalue weighted by Gasteiger charge is -2.16. The van der Waals surface area contributed by atoms with E-state index in [1.807, 2.05) is 0 Å². The first kappa shape index (κ1) is 16.9. The summed E-state index contributed by atoms with van der Waals surface area (Å²) < 4.78 is 28.1. The van der Waals surface area contributed by atoms with E-state index in [1.165, 1.54) is 0 Å². The van der Waals surface area contributed by atoms with Gasteiger partial charge in [0.1, 0.15) is 12.0 Å². The highest BCUT2D eigenvalue weighted by molar-refractivity contribution is 7.53. The highest BCUT2D eigenvalue weighted by Crippen LogP contribution is 2.48. The summed E-state index contributed by atoms with van der Waals surface area (Å²) in [5.74, 6) is 0.622. The first-order valence-corrected chi connectivity index (χ1v) is 8.42. The first-order chi connectivity index (χ1) is 9.63. The smallest absolute Gasteiger partial charge is 0.330 e. The summed E-state index contributed by atoms with van der Waals surface area (Å²) in [7, 11) is -2.99. The van der Waals surface area contributed by atoms with Crippen LogP contribution in [0.2, 0.25) is 0 Å². The van der Waals surface area contributed by atoms with Gasteiger partial charge in [0.05, 0.1) is 26.0 Å². The summed E-state index contributed by atoms with van der Waals surface area (Å²) >= 11 is 0. The highest BCUT2D eigenvalue weighted by Gasteiger charge is 2.22. The van der Waals surface area contributed by atoms with Crippen molar-refractivity contribution in [3.8, 4) is 5.75 Å². The largest absolute Gasteiger partial charge is 0.494 e. The molecule has 6 heteroatoms.